The number of nitrogens with one attached hydrogen (secondary N) is 1. The highest BCUT2D eigenvalue weighted by Gasteiger charge is 2.39. The molecule has 0 bridgehead atoms. The Labute approximate surface area is 182 Å². The number of likely N-dealkylation sites (N-methyl/N-ethyl adjacent to an activating group) is 2. The van der Waals surface area contributed by atoms with Crippen molar-refractivity contribution in [2.24, 2.45) is 11.3 Å². The number of nitrogens with zero attached hydrogens (tertiary/aromatic N) is 2. The molecule has 7 nitrogen and oxygen atoms in total. The summed E-state index contributed by atoms with van der Waals surface area (Å²) < 4.78 is 5.07. The van der Waals surface area contributed by atoms with E-state index in [0.29, 0.717) is 12.2 Å². The number of rotatable bonds is 8. The van der Waals surface area contributed by atoms with Crippen molar-refractivity contribution in [2.75, 3.05) is 27.2 Å². The molecule has 0 aromatic rings. The highest BCUT2D eigenvalue weighted by atomic mass is 16.5. The number of ether oxygens (including phenoxy) is 1. The van der Waals surface area contributed by atoms with Gasteiger partial charge in [0.05, 0.1) is 18.7 Å². The maximum atomic E-state index is 13.5. The summed E-state index contributed by atoms with van der Waals surface area (Å²) in [6.45, 7) is 14.5. The van der Waals surface area contributed by atoms with Crippen LogP contribution >= 0.6 is 0 Å². The normalized spacial score (nSPS) is 20.1. The molecule has 2 amide bonds. The van der Waals surface area contributed by atoms with Gasteiger partial charge in [-0.2, -0.15) is 0 Å². The SMILES string of the molecule is CCOC(=O)C(C)=C[C@H](C(C)C)N(C)C(=O)[C@@H](NC(=O)[C@@H]1CCCN1C)C(C)(C)C. The number of hydrogen-bond acceptors (Lipinski definition) is 5. The Kier molecular flexibility index (Phi) is 9.53. The Bertz CT molecular complexity index is 651. The molecule has 0 unspecified atom stereocenters. The Morgan fingerprint density at radius 2 is 1.87 bits per heavy atom. The van der Waals surface area contributed by atoms with Gasteiger partial charge in [-0.1, -0.05) is 40.7 Å². The van der Waals surface area contributed by atoms with E-state index < -0.39 is 11.5 Å². The monoisotopic (exact) mass is 423 g/mol. The van der Waals surface area contributed by atoms with Crippen LogP contribution in [0.25, 0.3) is 0 Å². The van der Waals surface area contributed by atoms with Crippen LogP contribution in [0, 0.1) is 11.3 Å². The molecule has 0 aromatic carbocycles. The summed E-state index contributed by atoms with van der Waals surface area (Å²) in [7, 11) is 3.67. The predicted octanol–water partition coefficient (Wildman–Crippen LogP) is 2.60. The first-order valence-electron chi connectivity index (χ1n) is 10.9. The van der Waals surface area contributed by atoms with Crippen molar-refractivity contribution in [1.29, 1.82) is 0 Å². The number of carbonyl (C=O) groups excluding carboxylic acids is 3. The van der Waals surface area contributed by atoms with Crippen LogP contribution in [-0.2, 0) is 19.1 Å². The molecule has 30 heavy (non-hydrogen) atoms. The molecule has 3 atom stereocenters. The summed E-state index contributed by atoms with van der Waals surface area (Å²) in [6.07, 6.45) is 3.57. The molecule has 1 saturated heterocycles. The number of hydrogen-bond donors (Lipinski definition) is 1. The zero-order valence-electron chi connectivity index (χ0n) is 20.2. The van der Waals surface area contributed by atoms with E-state index in [2.05, 4.69) is 5.32 Å². The van der Waals surface area contributed by atoms with Gasteiger partial charge in [0.15, 0.2) is 0 Å². The van der Waals surface area contributed by atoms with Crippen LogP contribution in [0.15, 0.2) is 11.6 Å². The van der Waals surface area contributed by atoms with E-state index >= 15 is 0 Å². The second-order valence-electron chi connectivity index (χ2n) is 9.70. The van der Waals surface area contributed by atoms with Crippen molar-refractivity contribution in [3.63, 3.8) is 0 Å². The maximum Gasteiger partial charge on any atom is 0.333 e. The van der Waals surface area contributed by atoms with Gasteiger partial charge in [0.2, 0.25) is 11.8 Å². The first-order chi connectivity index (χ1) is 13.8. The summed E-state index contributed by atoms with van der Waals surface area (Å²) in [6, 6.07) is -1.15. The van der Waals surface area contributed by atoms with E-state index in [1.54, 1.807) is 31.9 Å². The largest absolute Gasteiger partial charge is 0.463 e. The van der Waals surface area contributed by atoms with Gasteiger partial charge < -0.3 is 15.0 Å². The van der Waals surface area contributed by atoms with E-state index in [1.165, 1.54) is 0 Å². The van der Waals surface area contributed by atoms with Gasteiger partial charge in [-0.25, -0.2) is 4.79 Å². The molecule has 1 aliphatic rings. The second-order valence-corrected chi connectivity index (χ2v) is 9.70. The Morgan fingerprint density at radius 1 is 1.27 bits per heavy atom. The molecule has 0 aromatic heterocycles. The van der Waals surface area contributed by atoms with Crippen molar-refractivity contribution in [1.82, 2.24) is 15.1 Å². The minimum Gasteiger partial charge on any atom is -0.463 e. The fraction of sp³-hybridized carbons (Fsp3) is 0.783. The number of likely N-dealkylation sites (tertiary alicyclic amines) is 1. The Morgan fingerprint density at radius 3 is 2.30 bits per heavy atom. The molecular formula is C23H41N3O4. The zero-order chi connectivity index (χ0) is 23.2. The van der Waals surface area contributed by atoms with Gasteiger partial charge in [0, 0.05) is 12.6 Å². The topological polar surface area (TPSA) is 79.0 Å². The van der Waals surface area contributed by atoms with Crippen molar-refractivity contribution < 1.29 is 19.1 Å². The third kappa shape index (κ3) is 6.83. The standard InChI is InChI=1S/C23H41N3O4/c1-10-30-22(29)16(4)14-18(15(2)3)26(9)21(28)19(23(5,6)7)24-20(27)17-12-11-13-25(17)8/h14-15,17-19H,10-13H2,1-9H3,(H,24,27)/t17-,18+,19+/m0/s1. The molecule has 1 fully saturated rings. The molecule has 172 valence electrons. The van der Waals surface area contributed by atoms with Gasteiger partial charge in [-0.15, -0.1) is 0 Å². The quantitative estimate of drug-likeness (QED) is 0.480. The van der Waals surface area contributed by atoms with E-state index in [4.69, 9.17) is 4.74 Å². The van der Waals surface area contributed by atoms with Gasteiger partial charge in [0.1, 0.15) is 6.04 Å². The van der Waals surface area contributed by atoms with E-state index in [9.17, 15) is 14.4 Å². The molecule has 0 aliphatic carbocycles. The molecule has 1 heterocycles. The molecule has 1 aliphatic heterocycles. The lowest BCUT2D eigenvalue weighted by molar-refractivity contribution is -0.141. The highest BCUT2D eigenvalue weighted by Crippen LogP contribution is 2.25. The van der Waals surface area contributed by atoms with E-state index in [1.807, 2.05) is 46.6 Å². The lowest BCUT2D eigenvalue weighted by Crippen LogP contribution is -2.58. The minimum atomic E-state index is -0.665. The fourth-order valence-electron chi connectivity index (χ4n) is 3.80. The highest BCUT2D eigenvalue weighted by molar-refractivity contribution is 5.91. The predicted molar refractivity (Wildman–Crippen MR) is 119 cm³/mol. The number of esters is 1. The molecule has 1 N–H and O–H groups in total. The molecule has 1 rings (SSSR count). The van der Waals surface area contributed by atoms with Crippen LogP contribution in [0.4, 0.5) is 0 Å². The summed E-state index contributed by atoms with van der Waals surface area (Å²) in [5.41, 5.74) is 0.0127. The van der Waals surface area contributed by atoms with Crippen LogP contribution in [-0.4, -0.2) is 73.0 Å². The van der Waals surface area contributed by atoms with E-state index in [0.717, 1.165) is 19.4 Å². The Balaban J connectivity index is 3.09. The van der Waals surface area contributed by atoms with Crippen LogP contribution < -0.4 is 5.32 Å². The second kappa shape index (κ2) is 10.9. The van der Waals surface area contributed by atoms with Gasteiger partial charge in [0.25, 0.3) is 0 Å². The van der Waals surface area contributed by atoms with Crippen LogP contribution in [0.1, 0.15) is 61.3 Å². The summed E-state index contributed by atoms with van der Waals surface area (Å²) in [4.78, 5) is 42.1. The van der Waals surface area contributed by atoms with Crippen LogP contribution in [0.3, 0.4) is 0 Å². The molecule has 0 saturated carbocycles. The number of amides is 2. The van der Waals surface area contributed by atoms with E-state index in [-0.39, 0.29) is 35.8 Å². The smallest absolute Gasteiger partial charge is 0.333 e. The molecule has 0 spiro atoms. The van der Waals surface area contributed by atoms with Gasteiger partial charge in [-0.05, 0) is 51.6 Å². The molecular weight excluding hydrogens is 382 g/mol. The van der Waals surface area contributed by atoms with Crippen LogP contribution in [0.2, 0.25) is 0 Å². The maximum absolute atomic E-state index is 13.5. The summed E-state index contributed by atoms with van der Waals surface area (Å²) >= 11 is 0. The fourth-order valence-corrected chi connectivity index (χ4v) is 3.80. The lowest BCUT2D eigenvalue weighted by Gasteiger charge is -2.38. The Hall–Kier alpha value is -1.89. The average Bonchev–Trinajstić information content (AvgIpc) is 3.07. The lowest BCUT2D eigenvalue weighted by atomic mass is 9.85. The minimum absolute atomic E-state index is 0.0839. The summed E-state index contributed by atoms with van der Waals surface area (Å²) in [5, 5.41) is 3.02. The third-order valence-electron chi connectivity index (χ3n) is 5.72. The van der Waals surface area contributed by atoms with Crippen molar-refractivity contribution in [2.45, 2.75) is 79.4 Å². The first kappa shape index (κ1) is 26.1. The third-order valence-corrected chi connectivity index (χ3v) is 5.72. The van der Waals surface area contributed by atoms with Gasteiger partial charge >= 0.3 is 5.97 Å². The van der Waals surface area contributed by atoms with Crippen molar-refractivity contribution in [3.8, 4) is 0 Å². The van der Waals surface area contributed by atoms with Crippen LogP contribution in [0.5, 0.6) is 0 Å². The van der Waals surface area contributed by atoms with Crippen molar-refractivity contribution in [3.05, 3.63) is 11.6 Å². The number of carbonyl (C=O) groups is 3. The van der Waals surface area contributed by atoms with Crippen molar-refractivity contribution >= 4 is 17.8 Å². The van der Waals surface area contributed by atoms with Gasteiger partial charge in [-0.3, -0.25) is 14.5 Å². The molecule has 7 heteroatoms. The first-order valence-corrected chi connectivity index (χ1v) is 10.9. The zero-order valence-corrected chi connectivity index (χ0v) is 20.2. The average molecular weight is 424 g/mol. The summed E-state index contributed by atoms with van der Waals surface area (Å²) in [5.74, 6) is -0.561. The molecule has 0 radical (unpaired) electrons.